The predicted molar refractivity (Wildman–Crippen MR) is 124 cm³/mol. The highest BCUT2D eigenvalue weighted by Gasteiger charge is 2.27. The molecule has 1 heterocycles. The molecule has 0 unspecified atom stereocenters. The van der Waals surface area contributed by atoms with Crippen LogP contribution >= 0.6 is 0 Å². The van der Waals surface area contributed by atoms with Crippen molar-refractivity contribution in [3.05, 3.63) is 57.6 Å². The fraction of sp³-hybridized carbons (Fsp3) is 0.455. The second kappa shape index (κ2) is 9.85. The van der Waals surface area contributed by atoms with Crippen molar-refractivity contribution in [2.24, 2.45) is 0 Å². The van der Waals surface area contributed by atoms with Gasteiger partial charge in [-0.15, -0.1) is 0 Å². The molecule has 0 amide bonds. The molecule has 0 aliphatic carbocycles. The van der Waals surface area contributed by atoms with Crippen LogP contribution in [0.1, 0.15) is 25.0 Å². The minimum Gasteiger partial charge on any atom is -0.496 e. The van der Waals surface area contributed by atoms with Crippen LogP contribution in [0.4, 0.5) is 11.4 Å². The Kier molecular flexibility index (Phi) is 7.37. The van der Waals surface area contributed by atoms with Crippen molar-refractivity contribution in [2.45, 2.75) is 38.3 Å². The van der Waals surface area contributed by atoms with Crippen LogP contribution in [0.15, 0.2) is 41.3 Å². The maximum absolute atomic E-state index is 12.4. The standard InChI is InChI=1S/C22H30N4O5S/c1-16(2)23-32(29,30)19-6-7-20(21(14-19)26(27)28)25-11-9-24(10-12-25)15-18-13-17(3)5-8-22(18)31-4/h5-8,13-14,16,23H,9-12,15H2,1-4H3. The minimum atomic E-state index is -3.81. The number of nitro groups is 1. The van der Waals surface area contributed by atoms with E-state index in [1.54, 1.807) is 21.0 Å². The maximum atomic E-state index is 12.4. The summed E-state index contributed by atoms with van der Waals surface area (Å²) in [6.45, 7) is 8.83. The molecule has 174 valence electrons. The third-order valence-corrected chi connectivity index (χ3v) is 7.04. The third-order valence-electron chi connectivity index (χ3n) is 5.39. The quantitative estimate of drug-likeness (QED) is 0.475. The number of sulfonamides is 1. The Bertz CT molecular complexity index is 1080. The van der Waals surface area contributed by atoms with E-state index in [9.17, 15) is 18.5 Å². The van der Waals surface area contributed by atoms with E-state index in [4.69, 9.17) is 4.74 Å². The molecule has 1 fully saturated rings. The van der Waals surface area contributed by atoms with E-state index in [1.165, 1.54) is 12.1 Å². The van der Waals surface area contributed by atoms with Gasteiger partial charge in [0, 0.05) is 50.4 Å². The lowest BCUT2D eigenvalue weighted by Crippen LogP contribution is -2.46. The van der Waals surface area contributed by atoms with E-state index in [1.807, 2.05) is 24.0 Å². The van der Waals surface area contributed by atoms with Gasteiger partial charge in [0.2, 0.25) is 10.0 Å². The minimum absolute atomic E-state index is 0.105. The largest absolute Gasteiger partial charge is 0.496 e. The molecular weight excluding hydrogens is 432 g/mol. The van der Waals surface area contributed by atoms with Gasteiger partial charge >= 0.3 is 0 Å². The van der Waals surface area contributed by atoms with E-state index in [0.29, 0.717) is 18.8 Å². The second-order valence-electron chi connectivity index (χ2n) is 8.26. The van der Waals surface area contributed by atoms with Crippen molar-refractivity contribution in [3.8, 4) is 5.75 Å². The van der Waals surface area contributed by atoms with E-state index in [2.05, 4.69) is 15.7 Å². The number of aryl methyl sites for hydroxylation is 1. The van der Waals surface area contributed by atoms with Gasteiger partial charge < -0.3 is 9.64 Å². The number of piperazine rings is 1. The summed E-state index contributed by atoms with van der Waals surface area (Å²) >= 11 is 0. The fourth-order valence-corrected chi connectivity index (χ4v) is 5.15. The van der Waals surface area contributed by atoms with Crippen LogP contribution in [-0.2, 0) is 16.6 Å². The molecule has 0 aromatic heterocycles. The number of methoxy groups -OCH3 is 1. The van der Waals surface area contributed by atoms with Gasteiger partial charge in [0.05, 0.1) is 16.9 Å². The molecule has 1 N–H and O–H groups in total. The molecule has 2 aromatic carbocycles. The molecule has 10 heteroatoms. The van der Waals surface area contributed by atoms with Gasteiger partial charge in [0.15, 0.2) is 0 Å². The van der Waals surface area contributed by atoms with Crippen molar-refractivity contribution in [3.63, 3.8) is 0 Å². The maximum Gasteiger partial charge on any atom is 0.293 e. The number of ether oxygens (including phenoxy) is 1. The lowest BCUT2D eigenvalue weighted by Gasteiger charge is -2.36. The predicted octanol–water partition coefficient (Wildman–Crippen LogP) is 2.92. The molecule has 0 bridgehead atoms. The molecule has 0 atom stereocenters. The first-order valence-corrected chi connectivity index (χ1v) is 12.0. The fourth-order valence-electron chi connectivity index (χ4n) is 3.88. The summed E-state index contributed by atoms with van der Waals surface area (Å²) in [4.78, 5) is 15.3. The van der Waals surface area contributed by atoms with Crippen LogP contribution in [0.3, 0.4) is 0 Å². The molecule has 0 radical (unpaired) electrons. The summed E-state index contributed by atoms with van der Waals surface area (Å²) < 4.78 is 32.8. The molecule has 0 saturated carbocycles. The number of benzene rings is 2. The molecular formula is C22H30N4O5S. The molecule has 3 rings (SSSR count). The lowest BCUT2D eigenvalue weighted by atomic mass is 10.1. The Morgan fingerprint density at radius 3 is 2.41 bits per heavy atom. The number of rotatable bonds is 8. The smallest absolute Gasteiger partial charge is 0.293 e. The highest BCUT2D eigenvalue weighted by Crippen LogP contribution is 2.32. The lowest BCUT2D eigenvalue weighted by molar-refractivity contribution is -0.384. The summed E-state index contributed by atoms with van der Waals surface area (Å²) in [6, 6.07) is 9.89. The van der Waals surface area contributed by atoms with Crippen molar-refractivity contribution >= 4 is 21.4 Å². The van der Waals surface area contributed by atoms with Gasteiger partial charge in [-0.05, 0) is 39.0 Å². The number of nitrogens with zero attached hydrogens (tertiary/aromatic N) is 3. The van der Waals surface area contributed by atoms with Crippen LogP contribution in [0.5, 0.6) is 5.75 Å². The zero-order valence-corrected chi connectivity index (χ0v) is 19.7. The SMILES string of the molecule is COc1ccc(C)cc1CN1CCN(c2ccc(S(=O)(=O)NC(C)C)cc2[N+](=O)[O-])CC1. The molecule has 1 aliphatic heterocycles. The van der Waals surface area contributed by atoms with Gasteiger partial charge in [-0.1, -0.05) is 17.7 Å². The number of anilines is 1. The Labute approximate surface area is 189 Å². The average molecular weight is 463 g/mol. The van der Waals surface area contributed by atoms with Gasteiger partial charge in [-0.25, -0.2) is 13.1 Å². The van der Waals surface area contributed by atoms with Crippen LogP contribution in [0, 0.1) is 17.0 Å². The molecule has 1 saturated heterocycles. The summed E-state index contributed by atoms with van der Waals surface area (Å²) in [5, 5.41) is 11.7. The topological polar surface area (TPSA) is 105 Å². The van der Waals surface area contributed by atoms with Gasteiger partial charge in [0.25, 0.3) is 5.69 Å². The number of nitrogens with one attached hydrogen (secondary N) is 1. The van der Waals surface area contributed by atoms with E-state index < -0.39 is 14.9 Å². The normalized spacial score (nSPS) is 15.2. The summed E-state index contributed by atoms with van der Waals surface area (Å²) in [6.07, 6.45) is 0. The van der Waals surface area contributed by atoms with E-state index in [0.717, 1.165) is 42.6 Å². The van der Waals surface area contributed by atoms with Crippen LogP contribution < -0.4 is 14.4 Å². The number of hydrogen-bond donors (Lipinski definition) is 1. The summed E-state index contributed by atoms with van der Waals surface area (Å²) in [5.74, 6) is 0.848. The van der Waals surface area contributed by atoms with Crippen molar-refractivity contribution in [1.29, 1.82) is 0 Å². The van der Waals surface area contributed by atoms with Gasteiger partial charge in [-0.2, -0.15) is 0 Å². The first kappa shape index (κ1) is 24.0. The Balaban J connectivity index is 1.75. The zero-order valence-electron chi connectivity index (χ0n) is 18.9. The molecule has 0 spiro atoms. The van der Waals surface area contributed by atoms with Gasteiger partial charge in [0.1, 0.15) is 11.4 Å². The molecule has 2 aromatic rings. The van der Waals surface area contributed by atoms with Crippen molar-refractivity contribution in [1.82, 2.24) is 9.62 Å². The number of hydrogen-bond acceptors (Lipinski definition) is 7. The van der Waals surface area contributed by atoms with Crippen LogP contribution in [-0.4, -0.2) is 57.6 Å². The number of nitro benzene ring substituents is 1. The Morgan fingerprint density at radius 1 is 1.12 bits per heavy atom. The van der Waals surface area contributed by atoms with Crippen molar-refractivity contribution in [2.75, 3.05) is 38.2 Å². The Hall–Kier alpha value is -2.69. The summed E-state index contributed by atoms with van der Waals surface area (Å²) in [5.41, 5.74) is 2.51. The van der Waals surface area contributed by atoms with Crippen LogP contribution in [0.25, 0.3) is 0 Å². The van der Waals surface area contributed by atoms with Crippen molar-refractivity contribution < 1.29 is 18.1 Å². The Morgan fingerprint density at radius 2 is 1.81 bits per heavy atom. The van der Waals surface area contributed by atoms with E-state index >= 15 is 0 Å². The van der Waals surface area contributed by atoms with Gasteiger partial charge in [-0.3, -0.25) is 15.0 Å². The molecule has 32 heavy (non-hydrogen) atoms. The van der Waals surface area contributed by atoms with Crippen LogP contribution in [0.2, 0.25) is 0 Å². The third kappa shape index (κ3) is 5.56. The highest BCUT2D eigenvalue weighted by molar-refractivity contribution is 7.89. The monoisotopic (exact) mass is 462 g/mol. The molecule has 9 nitrogen and oxygen atoms in total. The average Bonchev–Trinajstić information content (AvgIpc) is 2.73. The second-order valence-corrected chi connectivity index (χ2v) is 9.98. The first-order chi connectivity index (χ1) is 15.1. The van der Waals surface area contributed by atoms with E-state index in [-0.39, 0.29) is 16.6 Å². The first-order valence-electron chi connectivity index (χ1n) is 10.5. The zero-order chi connectivity index (χ0) is 23.5. The summed E-state index contributed by atoms with van der Waals surface area (Å²) in [7, 11) is -2.15. The molecule has 1 aliphatic rings. The highest BCUT2D eigenvalue weighted by atomic mass is 32.2.